The van der Waals surface area contributed by atoms with Crippen LogP contribution in [-0.4, -0.2) is 284 Å². The van der Waals surface area contributed by atoms with Crippen molar-refractivity contribution in [3.05, 3.63) is 71.3 Å². The van der Waals surface area contributed by atoms with E-state index < -0.39 is 25.7 Å². The summed E-state index contributed by atoms with van der Waals surface area (Å²) < 4.78 is 154. The fourth-order valence-electron chi connectivity index (χ4n) is 16.9. The summed E-state index contributed by atoms with van der Waals surface area (Å²) in [5, 5.41) is 0. The zero-order valence-corrected chi connectivity index (χ0v) is 66.2. The van der Waals surface area contributed by atoms with E-state index in [0.717, 1.165) is 25.7 Å². The summed E-state index contributed by atoms with van der Waals surface area (Å²) in [6.07, 6.45) is -1.21. The highest BCUT2D eigenvalue weighted by atomic mass is 19.3. The Hall–Kier alpha value is -10.6. The summed E-state index contributed by atoms with van der Waals surface area (Å²) in [7, 11) is 0. The molecule has 13 saturated heterocycles. The van der Waals surface area contributed by atoms with Gasteiger partial charge in [-0.25, -0.2) is 55.1 Å². The van der Waals surface area contributed by atoms with Crippen molar-refractivity contribution in [1.82, 2.24) is 79.7 Å². The number of piperidine rings is 1. The number of halogens is 8. The molecule has 0 amide bonds. The highest BCUT2D eigenvalue weighted by molar-refractivity contribution is 5.69. The van der Waals surface area contributed by atoms with Gasteiger partial charge in [0.15, 0.2) is 23.3 Å². The number of nitrogens with zero attached hydrogens (tertiary/aromatic N) is 24. The third kappa shape index (κ3) is 17.2. The van der Waals surface area contributed by atoms with E-state index in [-0.39, 0.29) is 164 Å². The molecule has 8 aromatic rings. The third-order valence-corrected chi connectivity index (χ3v) is 23.2. The van der Waals surface area contributed by atoms with Crippen LogP contribution < -0.4 is 62.1 Å². The van der Waals surface area contributed by atoms with Crippen LogP contribution >= 0.6 is 0 Å². The van der Waals surface area contributed by atoms with Crippen molar-refractivity contribution >= 4 is 70.9 Å². The van der Waals surface area contributed by atoms with Crippen LogP contribution in [0.5, 0.6) is 0 Å². The summed E-state index contributed by atoms with van der Waals surface area (Å²) in [6.45, 7) is 20.0. The number of hydrogen-bond acceptors (Lipinski definition) is 36. The smallest absolute Gasteiger partial charge is 0.264 e. The average molecular weight is 1680 g/mol. The molecular formula is C76H92F8N28O8. The van der Waals surface area contributed by atoms with Crippen molar-refractivity contribution in [3.8, 4) is 45.6 Å². The van der Waals surface area contributed by atoms with Crippen LogP contribution in [0.15, 0.2) is 49.1 Å². The van der Waals surface area contributed by atoms with E-state index in [4.69, 9.17) is 75.8 Å². The molecule has 640 valence electrons. The lowest BCUT2D eigenvalue weighted by Gasteiger charge is -2.52. The minimum Gasteiger partial charge on any atom is -0.384 e. The molecule has 0 saturated carbocycles. The van der Waals surface area contributed by atoms with Crippen LogP contribution in [0.4, 0.5) is 106 Å². The first-order valence-corrected chi connectivity index (χ1v) is 40.1. The van der Waals surface area contributed by atoms with E-state index in [1.165, 1.54) is 49.1 Å². The lowest BCUT2D eigenvalue weighted by Crippen LogP contribution is -2.64. The first-order chi connectivity index (χ1) is 58.0. The number of nitrogens with two attached hydrogens (primary N) is 4. The standard InChI is InChI=1S/4C19H23F2N7O2/c1-10-9-29-3-2-28(10)19-25-17(14-6-23-15(22)5-13(14)16(20)21)24-18(26-19)27-7-11-4-12(8-27)30-11;2*1-10-8-29-3-2-27(10)18-24-17(14-6-23-15(22)5-13(14)16(20)21)25-19(26-18)28-7-12-4-11(28)9-30-12;1-10-7-29-3-2-27(10)18-24-17(14-6-23-15(22)5-13(14)16(20)21)25-19(26-18)28-11-4-12(28)9-30-8-11/h4*5-6,10-12,16H,2-4,7-9H2,1H3,(H2,22,23)/t10-,11?,12?;10-,11+,12+;10-,11-,12-;10-,11?,12?/m1111/s1. The molecule has 8 aromatic heterocycles. The number of rotatable bonds is 16. The summed E-state index contributed by atoms with van der Waals surface area (Å²) in [4.78, 5) is 87.7. The van der Waals surface area contributed by atoms with Gasteiger partial charge in [0.25, 0.3) is 25.7 Å². The van der Waals surface area contributed by atoms with E-state index >= 15 is 0 Å². The van der Waals surface area contributed by atoms with Gasteiger partial charge in [0.05, 0.1) is 152 Å². The Bertz CT molecular complexity index is 4570. The van der Waals surface area contributed by atoms with Crippen LogP contribution in [0.2, 0.25) is 0 Å². The van der Waals surface area contributed by atoms with E-state index in [1.54, 1.807) is 0 Å². The number of aromatic nitrogens is 16. The summed E-state index contributed by atoms with van der Waals surface area (Å²) >= 11 is 0. The normalized spacial score (nSPS) is 26.1. The minimum absolute atomic E-state index is 0.0265. The molecule has 120 heavy (non-hydrogen) atoms. The highest BCUT2D eigenvalue weighted by Crippen LogP contribution is 2.42. The monoisotopic (exact) mass is 1680 g/mol. The fraction of sp³-hybridized carbons (Fsp3) is 0.579. The second-order valence-corrected chi connectivity index (χ2v) is 31.5. The molecule has 36 nitrogen and oxygen atoms in total. The molecule has 13 fully saturated rings. The highest BCUT2D eigenvalue weighted by Gasteiger charge is 2.47. The van der Waals surface area contributed by atoms with Gasteiger partial charge in [-0.05, 0) is 71.2 Å². The predicted molar refractivity (Wildman–Crippen MR) is 422 cm³/mol. The lowest BCUT2D eigenvalue weighted by molar-refractivity contribution is -0.133. The maximum Gasteiger partial charge on any atom is 0.264 e. The molecule has 12 atom stereocenters. The van der Waals surface area contributed by atoms with Crippen molar-refractivity contribution in [2.24, 2.45) is 0 Å². The van der Waals surface area contributed by atoms with Gasteiger partial charge in [-0.1, -0.05) is 0 Å². The molecule has 21 rings (SSSR count). The van der Waals surface area contributed by atoms with E-state index in [1.807, 2.05) is 52.2 Å². The molecule has 0 aliphatic carbocycles. The Labute approximate surface area is 683 Å². The van der Waals surface area contributed by atoms with Gasteiger partial charge in [0, 0.05) is 128 Å². The number of morpholine rings is 8. The Kier molecular flexibility index (Phi) is 23.7. The topological polar surface area (TPSA) is 410 Å². The number of ether oxygens (including phenoxy) is 8. The van der Waals surface area contributed by atoms with Gasteiger partial charge in [-0.15, -0.1) is 0 Å². The van der Waals surface area contributed by atoms with Crippen LogP contribution in [-0.2, 0) is 37.9 Å². The van der Waals surface area contributed by atoms with E-state index in [9.17, 15) is 35.1 Å². The van der Waals surface area contributed by atoms with Gasteiger partial charge in [-0.2, -0.15) is 59.8 Å². The van der Waals surface area contributed by atoms with Crippen LogP contribution in [0, 0.1) is 0 Å². The number of alkyl halides is 8. The summed E-state index contributed by atoms with van der Waals surface area (Å²) in [6, 6.07) is 5.65. The number of pyridine rings is 4. The van der Waals surface area contributed by atoms with E-state index in [2.05, 4.69) is 79.5 Å². The number of nitrogen functional groups attached to an aromatic ring is 4. The molecule has 13 aliphatic heterocycles. The predicted octanol–water partition coefficient (Wildman–Crippen LogP) is 6.62. The first-order valence-electron chi connectivity index (χ1n) is 40.1. The maximum absolute atomic E-state index is 13.7. The molecule has 13 aliphatic rings. The van der Waals surface area contributed by atoms with Crippen LogP contribution in [0.3, 0.4) is 0 Å². The zero-order chi connectivity index (χ0) is 83.3. The van der Waals surface area contributed by atoms with Crippen molar-refractivity contribution in [2.75, 3.05) is 194 Å². The Balaban J connectivity index is 0.000000114. The molecule has 0 aromatic carbocycles. The Morgan fingerprint density at radius 1 is 0.317 bits per heavy atom. The second kappa shape index (κ2) is 34.8. The summed E-state index contributed by atoms with van der Waals surface area (Å²) in [5.41, 5.74) is 22.2. The molecule has 21 heterocycles. The van der Waals surface area contributed by atoms with Gasteiger partial charge >= 0.3 is 0 Å². The lowest BCUT2D eigenvalue weighted by atomic mass is 9.92. The quantitative estimate of drug-likeness (QED) is 0.0738. The van der Waals surface area contributed by atoms with Crippen LogP contribution in [0.1, 0.15) is 101 Å². The fourth-order valence-corrected chi connectivity index (χ4v) is 16.9. The molecular weight excluding hydrogens is 1590 g/mol. The molecule has 0 radical (unpaired) electrons. The van der Waals surface area contributed by atoms with Crippen molar-refractivity contribution in [2.45, 2.75) is 152 Å². The van der Waals surface area contributed by atoms with Crippen LogP contribution in [0.25, 0.3) is 45.6 Å². The minimum atomic E-state index is -2.73. The van der Waals surface area contributed by atoms with Gasteiger partial charge in [-0.3, -0.25) is 0 Å². The number of anilines is 12. The summed E-state index contributed by atoms with van der Waals surface area (Å²) in [5.74, 6) is 4.47. The second-order valence-electron chi connectivity index (χ2n) is 31.5. The number of fused-ring (bicyclic) bond motifs is 8. The maximum atomic E-state index is 13.7. The molecule has 44 heteroatoms. The van der Waals surface area contributed by atoms with Gasteiger partial charge in [0.1, 0.15) is 23.3 Å². The third-order valence-electron chi connectivity index (χ3n) is 23.2. The number of hydrogen-bond donors (Lipinski definition) is 4. The Morgan fingerprint density at radius 2 is 0.608 bits per heavy atom. The average Bonchev–Trinajstić information content (AvgIpc) is 1.17. The molecule has 8 bridgehead atoms. The SMILES string of the molecule is C[C@@H]1COCCN1c1nc(-c2cnc(N)cc2C(F)F)nc(N2C3COCC2C3)n1.C[C@@H]1COCCN1c1nc(-c2cnc(N)cc2C(F)F)nc(N2CC3CC(C2)O3)n1.C[C@@H]1COCCN1c1nc(-c2cnc(N)cc2C(F)F)nc(N2C[C@@H]3C[C@H]2CO3)n1.C[C@@H]1COCCN1c1nc(-c2cnc(N)cc2C(F)F)nc(N2C[C@H]3C[C@@H]2CO3)n1. The van der Waals surface area contributed by atoms with Gasteiger partial charge < -0.3 is 100 Å². The molecule has 0 spiro atoms. The zero-order valence-electron chi connectivity index (χ0n) is 66.2. The molecule has 8 N–H and O–H groups in total. The van der Waals surface area contributed by atoms with Crippen molar-refractivity contribution < 1.29 is 73.0 Å². The molecule has 4 unspecified atom stereocenters. The van der Waals surface area contributed by atoms with Gasteiger partial charge in [0.2, 0.25) is 47.6 Å². The van der Waals surface area contributed by atoms with Crippen molar-refractivity contribution in [3.63, 3.8) is 0 Å². The first kappa shape index (κ1) is 81.7. The Morgan fingerprint density at radius 3 is 0.892 bits per heavy atom. The van der Waals surface area contributed by atoms with Crippen molar-refractivity contribution in [1.29, 1.82) is 0 Å². The largest absolute Gasteiger partial charge is 0.384 e. The van der Waals surface area contributed by atoms with E-state index in [0.29, 0.717) is 179 Å².